The van der Waals surface area contributed by atoms with Gasteiger partial charge in [0.2, 0.25) is 11.8 Å². The predicted molar refractivity (Wildman–Crippen MR) is 103 cm³/mol. The third-order valence-electron chi connectivity index (χ3n) is 4.68. The van der Waals surface area contributed by atoms with Crippen LogP contribution in [0.3, 0.4) is 0 Å². The van der Waals surface area contributed by atoms with Gasteiger partial charge in [0.05, 0.1) is 18.0 Å². The van der Waals surface area contributed by atoms with E-state index in [4.69, 9.17) is 0 Å². The Kier molecular flexibility index (Phi) is 5.06. The van der Waals surface area contributed by atoms with E-state index in [9.17, 15) is 29.0 Å². The topological polar surface area (TPSA) is 96.0 Å². The second-order valence-corrected chi connectivity index (χ2v) is 10.0. The van der Waals surface area contributed by atoms with E-state index in [1.54, 1.807) is 6.07 Å². The smallest absolute Gasteiger partial charge is 0.310 e. The average molecular weight is 465 g/mol. The Labute approximate surface area is 174 Å². The Balaban J connectivity index is 1.75. The molecule has 1 fully saturated rings. The largest absolute Gasteiger partial charge is 0.346 e. The molecule has 3 N–H and O–H groups in total. The van der Waals surface area contributed by atoms with Gasteiger partial charge in [0.15, 0.2) is 5.82 Å². The molecule has 2 unspecified atom stereocenters. The zero-order valence-corrected chi connectivity index (χ0v) is 17.2. The number of carbonyl (C=O) groups excluding carboxylic acids is 2. The number of carbonyl (C=O) groups is 2. The lowest BCUT2D eigenvalue weighted by molar-refractivity contribution is -0.133. The van der Waals surface area contributed by atoms with Gasteiger partial charge < -0.3 is 10.6 Å². The van der Waals surface area contributed by atoms with Gasteiger partial charge in [-0.25, -0.2) is 9.97 Å². The molecule has 0 aliphatic carbocycles. The summed E-state index contributed by atoms with van der Waals surface area (Å²) < 4.78 is 64.6. The SMILES string of the molecule is CC(C)(NC(=O)C1CC(=O)NC(c2ncccn2)N1)c1ccc(S(F)(F)(F)(F)F)cc1. The molecule has 1 aromatic heterocycles. The summed E-state index contributed by atoms with van der Waals surface area (Å²) in [6.45, 7) is 3.00. The van der Waals surface area contributed by atoms with Crippen LogP contribution in [0.15, 0.2) is 47.6 Å². The average Bonchev–Trinajstić information content (AvgIpc) is 2.66. The number of aromatic nitrogens is 2. The third-order valence-corrected chi connectivity index (χ3v) is 5.84. The van der Waals surface area contributed by atoms with Crippen LogP contribution in [0.5, 0.6) is 0 Å². The lowest BCUT2D eigenvalue weighted by Gasteiger charge is -2.41. The van der Waals surface area contributed by atoms with Gasteiger partial charge in [-0.3, -0.25) is 14.9 Å². The first kappa shape index (κ1) is 22.9. The number of nitrogens with one attached hydrogen (secondary N) is 3. The lowest BCUT2D eigenvalue weighted by Crippen LogP contribution is -2.58. The van der Waals surface area contributed by atoms with Crippen LogP contribution in [0.4, 0.5) is 19.4 Å². The maximum Gasteiger partial charge on any atom is 0.310 e. The number of hydrogen-bond donors (Lipinski definition) is 3. The Morgan fingerprint density at radius 1 is 1.10 bits per heavy atom. The monoisotopic (exact) mass is 465 g/mol. The second kappa shape index (κ2) is 6.85. The number of benzene rings is 1. The first-order valence-corrected chi connectivity index (χ1v) is 11.0. The first-order chi connectivity index (χ1) is 14.0. The van der Waals surface area contributed by atoms with Crippen molar-refractivity contribution in [1.82, 2.24) is 25.9 Å². The van der Waals surface area contributed by atoms with E-state index in [1.165, 1.54) is 26.2 Å². The molecule has 1 aliphatic heterocycles. The van der Waals surface area contributed by atoms with Gasteiger partial charge >= 0.3 is 10.2 Å². The van der Waals surface area contributed by atoms with Crippen molar-refractivity contribution in [1.29, 1.82) is 0 Å². The summed E-state index contributed by atoms with van der Waals surface area (Å²) in [5.41, 5.74) is -1.03. The molecule has 2 atom stereocenters. The van der Waals surface area contributed by atoms with Crippen LogP contribution < -0.4 is 16.0 Å². The second-order valence-electron chi connectivity index (χ2n) is 7.64. The van der Waals surface area contributed by atoms with E-state index < -0.39 is 44.7 Å². The summed E-state index contributed by atoms with van der Waals surface area (Å²) in [5.74, 6) is -0.772. The number of halogens is 5. The summed E-state index contributed by atoms with van der Waals surface area (Å²) in [6, 6.07) is 2.97. The Morgan fingerprint density at radius 3 is 2.23 bits per heavy atom. The van der Waals surface area contributed by atoms with Gasteiger partial charge in [-0.05, 0) is 37.6 Å². The molecule has 1 saturated heterocycles. The van der Waals surface area contributed by atoms with Gasteiger partial charge in [-0.2, -0.15) is 0 Å². The standard InChI is InChI=1S/C18H20F5N5O2S/c1-18(2,11-4-6-12(7-5-11)31(19,20,21,22)23)28-17(30)13-10-14(29)27-16(26-13)15-24-8-3-9-25-15/h3-9,13,16,26H,10H2,1-2H3,(H,27,29)(H,28,30). The molecule has 2 aromatic rings. The molecule has 0 bridgehead atoms. The van der Waals surface area contributed by atoms with Crippen LogP contribution in [0, 0.1) is 0 Å². The van der Waals surface area contributed by atoms with Crippen molar-refractivity contribution in [3.8, 4) is 0 Å². The van der Waals surface area contributed by atoms with Crippen molar-refractivity contribution in [3.63, 3.8) is 0 Å². The summed E-state index contributed by atoms with van der Waals surface area (Å²) in [7, 11) is -9.79. The molecule has 31 heavy (non-hydrogen) atoms. The van der Waals surface area contributed by atoms with Crippen LogP contribution in [0.2, 0.25) is 0 Å². The third kappa shape index (κ3) is 5.47. The predicted octanol–water partition coefficient (Wildman–Crippen LogP) is 3.66. The zero-order chi connectivity index (χ0) is 23.1. The molecule has 2 amide bonds. The van der Waals surface area contributed by atoms with Crippen LogP contribution in [0.25, 0.3) is 0 Å². The highest BCUT2D eigenvalue weighted by atomic mass is 32.5. The Hall–Kier alpha value is -2.80. The summed E-state index contributed by atoms with van der Waals surface area (Å²) in [5, 5.41) is 8.14. The normalized spacial score (nSPS) is 22.1. The highest BCUT2D eigenvalue weighted by Crippen LogP contribution is 3.02. The molecule has 170 valence electrons. The highest BCUT2D eigenvalue weighted by molar-refractivity contribution is 8.45. The van der Waals surface area contributed by atoms with Gasteiger partial charge in [-0.15, -0.1) is 0 Å². The minimum atomic E-state index is -9.79. The van der Waals surface area contributed by atoms with Crippen molar-refractivity contribution < 1.29 is 29.0 Å². The fourth-order valence-corrected chi connectivity index (χ4v) is 3.72. The molecule has 0 saturated carbocycles. The molecular weight excluding hydrogens is 445 g/mol. The molecule has 0 radical (unpaired) electrons. The maximum absolute atomic E-state index is 12.9. The van der Waals surface area contributed by atoms with Crippen LogP contribution in [-0.2, 0) is 15.1 Å². The van der Waals surface area contributed by atoms with Crippen LogP contribution in [0.1, 0.15) is 37.8 Å². The molecule has 7 nitrogen and oxygen atoms in total. The van der Waals surface area contributed by atoms with Crippen LogP contribution in [-0.4, -0.2) is 27.8 Å². The minimum absolute atomic E-state index is 0.176. The van der Waals surface area contributed by atoms with Crippen molar-refractivity contribution in [2.75, 3.05) is 0 Å². The van der Waals surface area contributed by atoms with Crippen molar-refractivity contribution >= 4 is 22.0 Å². The quantitative estimate of drug-likeness (QED) is 0.586. The van der Waals surface area contributed by atoms with Crippen LogP contribution >= 0.6 is 10.2 Å². The maximum atomic E-state index is 12.9. The number of hydrogen-bond acceptors (Lipinski definition) is 5. The van der Waals surface area contributed by atoms with E-state index in [0.29, 0.717) is 12.1 Å². The van der Waals surface area contributed by atoms with E-state index in [0.717, 1.165) is 12.1 Å². The fourth-order valence-electron chi connectivity index (χ4n) is 3.07. The van der Waals surface area contributed by atoms with Crippen molar-refractivity contribution in [3.05, 3.63) is 54.1 Å². The van der Waals surface area contributed by atoms with E-state index in [-0.39, 0.29) is 17.8 Å². The summed E-state index contributed by atoms with van der Waals surface area (Å²) in [4.78, 5) is 30.8. The number of rotatable bonds is 5. The Morgan fingerprint density at radius 2 is 1.68 bits per heavy atom. The van der Waals surface area contributed by atoms with E-state index in [2.05, 4.69) is 25.9 Å². The molecule has 1 aliphatic rings. The van der Waals surface area contributed by atoms with Gasteiger partial charge in [0.1, 0.15) is 11.1 Å². The fraction of sp³-hybridized carbons (Fsp3) is 0.333. The summed E-state index contributed by atoms with van der Waals surface area (Å²) in [6.07, 6.45) is 1.95. The number of nitrogens with zero attached hydrogens (tertiary/aromatic N) is 2. The molecule has 3 rings (SSSR count). The van der Waals surface area contributed by atoms with Crippen molar-refractivity contribution in [2.45, 2.75) is 42.9 Å². The summed E-state index contributed by atoms with van der Waals surface area (Å²) >= 11 is 0. The first-order valence-electron chi connectivity index (χ1n) is 9.04. The number of amides is 2. The molecule has 2 heterocycles. The Bertz CT molecular complexity index is 1000. The van der Waals surface area contributed by atoms with Gasteiger partial charge in [0, 0.05) is 12.4 Å². The van der Waals surface area contributed by atoms with Gasteiger partial charge in [0.25, 0.3) is 0 Å². The van der Waals surface area contributed by atoms with E-state index >= 15 is 0 Å². The van der Waals surface area contributed by atoms with Gasteiger partial charge in [-0.1, -0.05) is 31.6 Å². The van der Waals surface area contributed by atoms with Crippen molar-refractivity contribution in [2.24, 2.45) is 0 Å². The minimum Gasteiger partial charge on any atom is -0.346 e. The zero-order valence-electron chi connectivity index (χ0n) is 16.4. The lowest BCUT2D eigenvalue weighted by atomic mass is 9.93. The molecule has 13 heteroatoms. The molecule has 1 aromatic carbocycles. The molecule has 0 spiro atoms. The molecular formula is C18H20F5N5O2S. The van der Waals surface area contributed by atoms with E-state index in [1.807, 2.05) is 0 Å². The highest BCUT2D eigenvalue weighted by Gasteiger charge is 2.65.